The summed E-state index contributed by atoms with van der Waals surface area (Å²) in [5.41, 5.74) is 2.95. The number of aromatic nitrogens is 2. The molecule has 0 unspecified atom stereocenters. The molecule has 0 spiro atoms. The molecule has 1 aromatic rings. The monoisotopic (exact) mass is 350 g/mol. The summed E-state index contributed by atoms with van der Waals surface area (Å²) in [6.07, 6.45) is 0. The van der Waals surface area contributed by atoms with E-state index in [0.29, 0.717) is 5.16 Å². The van der Waals surface area contributed by atoms with E-state index in [4.69, 9.17) is 46.4 Å². The lowest BCUT2D eigenvalue weighted by molar-refractivity contribution is 0.885. The first kappa shape index (κ1) is 16.0. The van der Waals surface area contributed by atoms with Crippen LogP contribution in [0.25, 0.3) is 0 Å². The highest BCUT2D eigenvalue weighted by Crippen LogP contribution is 2.50. The summed E-state index contributed by atoms with van der Waals surface area (Å²) in [5, 5.41) is 0.593. The summed E-state index contributed by atoms with van der Waals surface area (Å²) < 4.78 is -1.29. The quantitative estimate of drug-likeness (QED) is 0.429. The Morgan fingerprint density at radius 3 is 1.94 bits per heavy atom. The largest absolute Gasteiger partial charge is 0.227 e. The molecule has 0 saturated carbocycles. The van der Waals surface area contributed by atoms with Crippen LogP contribution in [0.4, 0.5) is 0 Å². The summed E-state index contributed by atoms with van der Waals surface area (Å²) >= 11 is 23.1. The van der Waals surface area contributed by atoms with Gasteiger partial charge in [-0.25, -0.2) is 9.97 Å². The summed E-state index contributed by atoms with van der Waals surface area (Å²) in [4.78, 5) is 7.75. The Morgan fingerprint density at radius 2 is 1.53 bits per heavy atom. The third-order valence-corrected chi connectivity index (χ3v) is 7.26. The molecule has 1 rings (SSSR count). The van der Waals surface area contributed by atoms with Gasteiger partial charge in [-0.15, -0.1) is 23.2 Å². The zero-order chi connectivity index (χ0) is 13.2. The maximum absolute atomic E-state index is 5.92. The predicted octanol–water partition coefficient (Wildman–Crippen LogP) is 5.08. The molecule has 0 aromatic carbocycles. The highest BCUT2D eigenvalue weighted by molar-refractivity contribution is 8.77. The van der Waals surface area contributed by atoms with Crippen molar-refractivity contribution in [3.63, 3.8) is 0 Å². The molecule has 2 nitrogen and oxygen atoms in total. The van der Waals surface area contributed by atoms with Gasteiger partial charge < -0.3 is 0 Å². The Balaban J connectivity index is 2.77. The van der Waals surface area contributed by atoms with Crippen LogP contribution in [0.15, 0.2) is 5.16 Å². The SMILES string of the molecule is Cc1nc(SSC(Cl)(Cl)C(Cl)Cl)nc(C)c1C. The van der Waals surface area contributed by atoms with Crippen molar-refractivity contribution in [2.75, 3.05) is 0 Å². The summed E-state index contributed by atoms with van der Waals surface area (Å²) in [6, 6.07) is 0. The molecule has 17 heavy (non-hydrogen) atoms. The Hall–Kier alpha value is 0.940. The highest BCUT2D eigenvalue weighted by atomic mass is 35.5. The molecule has 0 N–H and O–H groups in total. The minimum atomic E-state index is -1.29. The van der Waals surface area contributed by atoms with Crippen molar-refractivity contribution in [3.8, 4) is 0 Å². The van der Waals surface area contributed by atoms with Crippen LogP contribution in [-0.2, 0) is 0 Å². The van der Waals surface area contributed by atoms with E-state index in [1.165, 1.54) is 10.8 Å². The van der Waals surface area contributed by atoms with Gasteiger partial charge in [-0.3, -0.25) is 0 Å². The van der Waals surface area contributed by atoms with Crippen molar-refractivity contribution in [3.05, 3.63) is 17.0 Å². The van der Waals surface area contributed by atoms with Crippen molar-refractivity contribution in [1.29, 1.82) is 0 Å². The molecular weight excluding hydrogens is 342 g/mol. The van der Waals surface area contributed by atoms with E-state index < -0.39 is 8.50 Å². The maximum Gasteiger partial charge on any atom is 0.203 e. The van der Waals surface area contributed by atoms with Crippen LogP contribution >= 0.6 is 68.0 Å². The number of nitrogens with zero attached hydrogens (tertiary/aromatic N) is 2. The number of halogens is 4. The van der Waals surface area contributed by atoms with Gasteiger partial charge in [0.2, 0.25) is 3.67 Å². The average molecular weight is 352 g/mol. The highest BCUT2D eigenvalue weighted by Gasteiger charge is 2.34. The normalized spacial score (nSPS) is 12.2. The summed E-state index contributed by atoms with van der Waals surface area (Å²) in [5.74, 6) is 0. The second kappa shape index (κ2) is 6.40. The van der Waals surface area contributed by atoms with Crippen molar-refractivity contribution in [2.24, 2.45) is 0 Å². The Morgan fingerprint density at radius 1 is 1.06 bits per heavy atom. The molecule has 96 valence electrons. The number of hydrogen-bond acceptors (Lipinski definition) is 4. The van der Waals surface area contributed by atoms with Gasteiger partial charge in [0.1, 0.15) is 0 Å². The van der Waals surface area contributed by atoms with Gasteiger partial charge in [-0.1, -0.05) is 23.2 Å². The van der Waals surface area contributed by atoms with E-state index in [-0.39, 0.29) is 0 Å². The first-order valence-electron chi connectivity index (χ1n) is 4.57. The van der Waals surface area contributed by atoms with Gasteiger partial charge in [0, 0.05) is 11.4 Å². The Labute approximate surface area is 129 Å². The molecule has 1 heterocycles. The van der Waals surface area contributed by atoms with Gasteiger partial charge in [-0.05, 0) is 47.9 Å². The third kappa shape index (κ3) is 4.51. The third-order valence-electron chi connectivity index (χ3n) is 2.09. The first-order chi connectivity index (χ1) is 7.74. The van der Waals surface area contributed by atoms with Crippen LogP contribution in [0.5, 0.6) is 0 Å². The molecule has 0 aliphatic heterocycles. The second-order valence-corrected chi connectivity index (χ2v) is 8.60. The topological polar surface area (TPSA) is 25.8 Å². The molecule has 8 heteroatoms. The van der Waals surface area contributed by atoms with E-state index in [9.17, 15) is 0 Å². The van der Waals surface area contributed by atoms with Gasteiger partial charge >= 0.3 is 0 Å². The van der Waals surface area contributed by atoms with E-state index in [2.05, 4.69) is 9.97 Å². The smallest absolute Gasteiger partial charge is 0.203 e. The molecule has 0 atom stereocenters. The van der Waals surface area contributed by atoms with E-state index in [1.54, 1.807) is 0 Å². The van der Waals surface area contributed by atoms with Crippen molar-refractivity contribution in [1.82, 2.24) is 9.97 Å². The lowest BCUT2D eigenvalue weighted by Crippen LogP contribution is -2.15. The Kier molecular flexibility index (Phi) is 6.02. The van der Waals surface area contributed by atoms with Gasteiger partial charge in [0.25, 0.3) is 0 Å². The minimum absolute atomic E-state index is 0.593. The van der Waals surface area contributed by atoms with E-state index in [0.717, 1.165) is 27.7 Å². The van der Waals surface area contributed by atoms with E-state index >= 15 is 0 Å². The van der Waals surface area contributed by atoms with E-state index in [1.807, 2.05) is 20.8 Å². The van der Waals surface area contributed by atoms with Crippen LogP contribution in [0.2, 0.25) is 0 Å². The molecule has 1 aromatic heterocycles. The number of aryl methyl sites for hydroxylation is 2. The second-order valence-electron chi connectivity index (χ2n) is 3.33. The lowest BCUT2D eigenvalue weighted by Gasteiger charge is -2.18. The molecule has 0 fully saturated rings. The van der Waals surface area contributed by atoms with Crippen LogP contribution in [-0.4, -0.2) is 18.5 Å². The number of alkyl halides is 4. The first-order valence-corrected chi connectivity index (χ1v) is 8.35. The molecule has 0 aliphatic carbocycles. The maximum atomic E-state index is 5.92. The lowest BCUT2D eigenvalue weighted by atomic mass is 10.2. The van der Waals surface area contributed by atoms with Crippen molar-refractivity contribution < 1.29 is 0 Å². The summed E-state index contributed by atoms with van der Waals surface area (Å²) in [7, 11) is 2.38. The van der Waals surface area contributed by atoms with Crippen LogP contribution < -0.4 is 0 Å². The molecule has 0 bridgehead atoms. The molecular formula is C9H10Cl4N2S2. The van der Waals surface area contributed by atoms with Crippen molar-refractivity contribution >= 4 is 68.0 Å². The van der Waals surface area contributed by atoms with Gasteiger partial charge in [0.05, 0.1) is 0 Å². The van der Waals surface area contributed by atoms with Crippen LogP contribution in [0.1, 0.15) is 17.0 Å². The van der Waals surface area contributed by atoms with Gasteiger partial charge in [-0.2, -0.15) is 0 Å². The fraction of sp³-hybridized carbons (Fsp3) is 0.556. The Bertz CT molecular complexity index is 389. The number of hydrogen-bond donors (Lipinski definition) is 0. The minimum Gasteiger partial charge on any atom is -0.227 e. The predicted molar refractivity (Wildman–Crippen MR) is 79.6 cm³/mol. The fourth-order valence-electron chi connectivity index (χ4n) is 0.908. The number of rotatable bonds is 4. The molecule has 0 amide bonds. The fourth-order valence-corrected chi connectivity index (χ4v) is 3.74. The van der Waals surface area contributed by atoms with Crippen LogP contribution in [0, 0.1) is 20.8 Å². The van der Waals surface area contributed by atoms with Crippen LogP contribution in [0.3, 0.4) is 0 Å². The zero-order valence-electron chi connectivity index (χ0n) is 9.30. The molecule has 0 aliphatic rings. The molecule has 0 radical (unpaired) electrons. The zero-order valence-corrected chi connectivity index (χ0v) is 14.0. The summed E-state index contributed by atoms with van der Waals surface area (Å²) in [6.45, 7) is 5.84. The van der Waals surface area contributed by atoms with Crippen molar-refractivity contribution in [2.45, 2.75) is 34.4 Å². The van der Waals surface area contributed by atoms with Gasteiger partial charge in [0.15, 0.2) is 9.99 Å². The molecule has 0 saturated heterocycles. The average Bonchev–Trinajstić information content (AvgIpc) is 2.22. The standard InChI is InChI=1S/C9H10Cl4N2S2/c1-4-5(2)14-8(15-6(4)3)16-17-9(12,13)7(10)11/h7H,1-3H3.